The number of fused-ring (bicyclic) bond motifs is 1. The van der Waals surface area contributed by atoms with Gasteiger partial charge in [0.05, 0.1) is 0 Å². The van der Waals surface area contributed by atoms with Gasteiger partial charge in [-0.2, -0.15) is 0 Å². The van der Waals surface area contributed by atoms with Gasteiger partial charge >= 0.3 is 0 Å². The van der Waals surface area contributed by atoms with Crippen LogP contribution in [0.1, 0.15) is 33.1 Å². The van der Waals surface area contributed by atoms with E-state index in [1.165, 1.54) is 6.42 Å². The highest BCUT2D eigenvalue weighted by Crippen LogP contribution is 2.26. The summed E-state index contributed by atoms with van der Waals surface area (Å²) in [5.74, 6) is 0.368. The van der Waals surface area contributed by atoms with E-state index in [0.29, 0.717) is 5.75 Å². The van der Waals surface area contributed by atoms with E-state index in [1.54, 1.807) is 13.8 Å². The summed E-state index contributed by atoms with van der Waals surface area (Å²) in [6.07, 6.45) is 2.55. The fraction of sp³-hybridized carbons (Fsp3) is 0.429. The fourth-order valence-corrected chi connectivity index (χ4v) is 3.32. The maximum atomic E-state index is 12.5. The van der Waals surface area contributed by atoms with Gasteiger partial charge in [-0.05, 0) is 44.6 Å². The molecule has 0 radical (unpaired) electrons. The van der Waals surface area contributed by atoms with Crippen LogP contribution in [0, 0.1) is 0 Å². The van der Waals surface area contributed by atoms with Gasteiger partial charge < -0.3 is 15.0 Å². The van der Waals surface area contributed by atoms with Crippen LogP contribution < -0.4 is 10.1 Å². The molecule has 0 bridgehead atoms. The maximum absolute atomic E-state index is 12.5. The number of nitrogens with one attached hydrogen (secondary N) is 1. The molecule has 1 heterocycles. The minimum Gasteiger partial charge on any atom is -0.480 e. The second-order valence-electron chi connectivity index (χ2n) is 6.85. The van der Waals surface area contributed by atoms with Gasteiger partial charge in [0.1, 0.15) is 11.8 Å². The smallest absolute Gasteiger partial charge is 0.261 e. The van der Waals surface area contributed by atoms with E-state index >= 15 is 0 Å². The van der Waals surface area contributed by atoms with Crippen LogP contribution >= 0.6 is 0 Å². The van der Waals surface area contributed by atoms with Crippen LogP contribution in [-0.4, -0.2) is 41.9 Å². The third kappa shape index (κ3) is 4.15. The Labute approximate surface area is 154 Å². The second-order valence-corrected chi connectivity index (χ2v) is 6.85. The Morgan fingerprint density at radius 2 is 1.69 bits per heavy atom. The van der Waals surface area contributed by atoms with Gasteiger partial charge in [-0.3, -0.25) is 9.59 Å². The number of carbonyl (C=O) groups excluding carboxylic acids is 2. The topological polar surface area (TPSA) is 58.6 Å². The molecular weight excluding hydrogens is 328 g/mol. The van der Waals surface area contributed by atoms with Crippen LogP contribution in [0.2, 0.25) is 0 Å². The number of hydrogen-bond acceptors (Lipinski definition) is 3. The van der Waals surface area contributed by atoms with E-state index in [1.807, 2.05) is 47.4 Å². The Morgan fingerprint density at radius 3 is 2.46 bits per heavy atom. The molecule has 2 atom stereocenters. The third-order valence-electron chi connectivity index (χ3n) is 4.82. The highest BCUT2D eigenvalue weighted by atomic mass is 16.5. The molecule has 1 N–H and O–H groups in total. The van der Waals surface area contributed by atoms with Crippen LogP contribution in [-0.2, 0) is 9.59 Å². The van der Waals surface area contributed by atoms with E-state index in [2.05, 4.69) is 5.32 Å². The number of hydrogen-bond donors (Lipinski definition) is 1. The number of amides is 2. The molecule has 0 aromatic heterocycles. The molecule has 138 valence electrons. The zero-order valence-electron chi connectivity index (χ0n) is 15.4. The Balaban J connectivity index is 1.61. The van der Waals surface area contributed by atoms with Crippen molar-refractivity contribution >= 4 is 22.6 Å². The van der Waals surface area contributed by atoms with Gasteiger partial charge in [0, 0.05) is 18.5 Å². The van der Waals surface area contributed by atoms with E-state index in [4.69, 9.17) is 4.74 Å². The molecule has 0 spiro atoms. The first-order chi connectivity index (χ1) is 12.6. The van der Waals surface area contributed by atoms with Gasteiger partial charge in [-0.25, -0.2) is 0 Å². The molecule has 0 aliphatic carbocycles. The first-order valence-electron chi connectivity index (χ1n) is 9.30. The Kier molecular flexibility index (Phi) is 5.76. The first-order valence-corrected chi connectivity index (χ1v) is 9.30. The van der Waals surface area contributed by atoms with Crippen molar-refractivity contribution in [3.63, 3.8) is 0 Å². The lowest BCUT2D eigenvalue weighted by molar-refractivity contribution is -0.138. The van der Waals surface area contributed by atoms with Crippen molar-refractivity contribution in [2.75, 3.05) is 13.1 Å². The number of benzene rings is 2. The Bertz CT molecular complexity index is 778. The molecule has 1 fully saturated rings. The summed E-state index contributed by atoms with van der Waals surface area (Å²) in [7, 11) is 0. The predicted octanol–water partition coefficient (Wildman–Crippen LogP) is 3.12. The second kappa shape index (κ2) is 8.21. The van der Waals surface area contributed by atoms with Crippen molar-refractivity contribution in [3.8, 4) is 5.75 Å². The number of rotatable bonds is 5. The zero-order chi connectivity index (χ0) is 18.5. The van der Waals surface area contributed by atoms with Crippen LogP contribution in [0.25, 0.3) is 10.8 Å². The van der Waals surface area contributed by atoms with Gasteiger partial charge in [0.15, 0.2) is 6.10 Å². The van der Waals surface area contributed by atoms with Crippen molar-refractivity contribution in [1.29, 1.82) is 0 Å². The molecule has 3 rings (SSSR count). The average molecular weight is 354 g/mol. The van der Waals surface area contributed by atoms with E-state index < -0.39 is 12.1 Å². The highest BCUT2D eigenvalue weighted by molar-refractivity contribution is 5.91. The lowest BCUT2D eigenvalue weighted by Gasteiger charge is -2.29. The first kappa shape index (κ1) is 18.2. The molecule has 2 amide bonds. The number of ether oxygens (including phenoxy) is 1. The summed E-state index contributed by atoms with van der Waals surface area (Å²) >= 11 is 0. The lowest BCUT2D eigenvalue weighted by Crippen LogP contribution is -2.51. The molecule has 1 aliphatic heterocycles. The fourth-order valence-electron chi connectivity index (χ4n) is 3.32. The van der Waals surface area contributed by atoms with E-state index in [9.17, 15) is 9.59 Å². The summed E-state index contributed by atoms with van der Waals surface area (Å²) in [5, 5.41) is 4.82. The number of likely N-dealkylation sites (tertiary alicyclic amines) is 1. The predicted molar refractivity (Wildman–Crippen MR) is 102 cm³/mol. The van der Waals surface area contributed by atoms with Crippen molar-refractivity contribution in [1.82, 2.24) is 10.2 Å². The van der Waals surface area contributed by atoms with Crippen LogP contribution in [0.4, 0.5) is 0 Å². The van der Waals surface area contributed by atoms with Gasteiger partial charge in [0.2, 0.25) is 5.91 Å². The highest BCUT2D eigenvalue weighted by Gasteiger charge is 2.25. The normalized spacial score (nSPS) is 16.8. The van der Waals surface area contributed by atoms with E-state index in [-0.39, 0.29) is 11.8 Å². The molecule has 1 aliphatic rings. The molecule has 5 heteroatoms. The van der Waals surface area contributed by atoms with Gasteiger partial charge in [-0.15, -0.1) is 0 Å². The molecular formula is C21H26N2O3. The number of carbonyl (C=O) groups is 2. The average Bonchev–Trinajstić information content (AvgIpc) is 2.68. The van der Waals surface area contributed by atoms with Gasteiger partial charge in [0.25, 0.3) is 5.91 Å². The van der Waals surface area contributed by atoms with Crippen LogP contribution in [0.3, 0.4) is 0 Å². The molecule has 5 nitrogen and oxygen atoms in total. The van der Waals surface area contributed by atoms with E-state index in [0.717, 1.165) is 36.7 Å². The van der Waals surface area contributed by atoms with Gasteiger partial charge in [-0.1, -0.05) is 36.4 Å². The summed E-state index contributed by atoms with van der Waals surface area (Å²) < 4.78 is 5.88. The number of piperidine rings is 1. The molecule has 1 saturated heterocycles. The number of nitrogens with zero attached hydrogens (tertiary/aromatic N) is 1. The van der Waals surface area contributed by atoms with Crippen molar-refractivity contribution in [2.24, 2.45) is 0 Å². The summed E-state index contributed by atoms with van der Waals surface area (Å²) in [4.78, 5) is 26.8. The SMILES string of the molecule is CC(NC(=O)C(C)Oc1cccc2ccccc12)C(=O)N1CCCCC1. The molecule has 0 saturated carbocycles. The molecule has 2 aromatic rings. The van der Waals surface area contributed by atoms with Crippen molar-refractivity contribution in [3.05, 3.63) is 42.5 Å². The standard InChI is InChI=1S/C21H26N2O3/c1-15(21(25)23-13-6-3-7-14-23)22-20(24)16(2)26-19-12-8-10-17-9-4-5-11-18(17)19/h4-5,8-12,15-16H,3,6-7,13-14H2,1-2H3,(H,22,24). The monoisotopic (exact) mass is 354 g/mol. The Hall–Kier alpha value is -2.56. The summed E-state index contributed by atoms with van der Waals surface area (Å²) in [5.41, 5.74) is 0. The lowest BCUT2D eigenvalue weighted by atomic mass is 10.1. The molecule has 2 aromatic carbocycles. The minimum absolute atomic E-state index is 0.0181. The molecule has 26 heavy (non-hydrogen) atoms. The third-order valence-corrected chi connectivity index (χ3v) is 4.82. The zero-order valence-corrected chi connectivity index (χ0v) is 15.4. The summed E-state index contributed by atoms with van der Waals surface area (Å²) in [6.45, 7) is 5.00. The van der Waals surface area contributed by atoms with Crippen molar-refractivity contribution < 1.29 is 14.3 Å². The Morgan fingerprint density at radius 1 is 1.00 bits per heavy atom. The molecule has 2 unspecified atom stereocenters. The quantitative estimate of drug-likeness (QED) is 0.897. The van der Waals surface area contributed by atoms with Crippen LogP contribution in [0.15, 0.2) is 42.5 Å². The maximum Gasteiger partial charge on any atom is 0.261 e. The van der Waals surface area contributed by atoms with Crippen molar-refractivity contribution in [2.45, 2.75) is 45.3 Å². The minimum atomic E-state index is -0.683. The summed E-state index contributed by atoms with van der Waals surface area (Å²) in [6, 6.07) is 13.1. The largest absolute Gasteiger partial charge is 0.480 e. The van der Waals surface area contributed by atoms with Crippen LogP contribution in [0.5, 0.6) is 5.75 Å².